The summed E-state index contributed by atoms with van der Waals surface area (Å²) in [5.74, 6) is -0.304. The van der Waals surface area contributed by atoms with E-state index in [0.717, 1.165) is 6.42 Å². The summed E-state index contributed by atoms with van der Waals surface area (Å²) in [5, 5.41) is 9.24. The van der Waals surface area contributed by atoms with Crippen LogP contribution in [0.1, 0.15) is 65.3 Å². The molecule has 0 fully saturated rings. The highest BCUT2D eigenvalue weighted by molar-refractivity contribution is 6.13. The molecule has 3 nitrogen and oxygen atoms in total. The van der Waals surface area contributed by atoms with Gasteiger partial charge in [-0.25, -0.2) is 0 Å². The van der Waals surface area contributed by atoms with Gasteiger partial charge in [0.15, 0.2) is 11.6 Å². The van der Waals surface area contributed by atoms with Gasteiger partial charge in [-0.2, -0.15) is 0 Å². The minimum Gasteiger partial charge on any atom is -0.508 e. The second-order valence-electron chi connectivity index (χ2n) is 6.08. The van der Waals surface area contributed by atoms with Crippen LogP contribution in [0.5, 0.6) is 5.75 Å². The van der Waals surface area contributed by atoms with E-state index >= 15 is 0 Å². The second-order valence-corrected chi connectivity index (χ2v) is 6.08. The molecule has 0 radical (unpaired) electrons. The van der Waals surface area contributed by atoms with Crippen LogP contribution in [0.4, 0.5) is 0 Å². The van der Waals surface area contributed by atoms with Crippen molar-refractivity contribution in [3.05, 3.63) is 65.2 Å². The number of phenols is 1. The quantitative estimate of drug-likeness (QED) is 0.402. The molecule has 24 heavy (non-hydrogen) atoms. The van der Waals surface area contributed by atoms with E-state index in [-0.39, 0.29) is 23.7 Å². The number of unbranched alkanes of at least 4 members (excludes halogenated alkanes) is 3. The molecule has 0 saturated carbocycles. The Morgan fingerprint density at radius 3 is 1.88 bits per heavy atom. The van der Waals surface area contributed by atoms with Crippen molar-refractivity contribution in [3.63, 3.8) is 0 Å². The van der Waals surface area contributed by atoms with Crippen molar-refractivity contribution in [2.45, 2.75) is 45.4 Å². The fourth-order valence-electron chi connectivity index (χ4n) is 2.61. The number of carbonyl (C=O) groups is 2. The van der Waals surface area contributed by atoms with Crippen molar-refractivity contribution in [1.29, 1.82) is 0 Å². The van der Waals surface area contributed by atoms with Gasteiger partial charge >= 0.3 is 0 Å². The molecule has 0 saturated heterocycles. The molecule has 2 aromatic rings. The summed E-state index contributed by atoms with van der Waals surface area (Å²) in [6.07, 6.45) is 5.76. The molecule has 1 N–H and O–H groups in total. The minimum absolute atomic E-state index is 0.104. The highest BCUT2D eigenvalue weighted by Crippen LogP contribution is 2.14. The monoisotopic (exact) mass is 324 g/mol. The summed E-state index contributed by atoms with van der Waals surface area (Å²) in [6, 6.07) is 13.5. The smallest absolute Gasteiger partial charge is 0.170 e. The van der Waals surface area contributed by atoms with Crippen molar-refractivity contribution < 1.29 is 14.7 Å². The van der Waals surface area contributed by atoms with Gasteiger partial charge in [0.05, 0.1) is 6.42 Å². The van der Waals surface area contributed by atoms with Crippen LogP contribution >= 0.6 is 0 Å². The van der Waals surface area contributed by atoms with Crippen molar-refractivity contribution in [2.75, 3.05) is 0 Å². The van der Waals surface area contributed by atoms with E-state index in [1.807, 2.05) is 24.3 Å². The predicted molar refractivity (Wildman–Crippen MR) is 95.7 cm³/mol. The summed E-state index contributed by atoms with van der Waals surface area (Å²) in [4.78, 5) is 24.3. The maximum Gasteiger partial charge on any atom is 0.170 e. The second kappa shape index (κ2) is 9.02. The predicted octanol–water partition coefficient (Wildman–Crippen LogP) is 4.97. The lowest BCUT2D eigenvalue weighted by Gasteiger charge is -2.04. The fourth-order valence-corrected chi connectivity index (χ4v) is 2.61. The Kier molecular flexibility index (Phi) is 6.74. The summed E-state index contributed by atoms with van der Waals surface area (Å²) in [7, 11) is 0. The third kappa shape index (κ3) is 5.34. The average molecular weight is 324 g/mol. The molecule has 0 bridgehead atoms. The largest absolute Gasteiger partial charge is 0.508 e. The number of phenolic OH excluding ortho intramolecular Hbond substituents is 1. The Balaban J connectivity index is 1.90. The number of hydrogen-bond acceptors (Lipinski definition) is 3. The standard InChI is InChI=1S/C21H24O3/c1-2-3-4-5-6-16-7-9-17(10-8-16)20(23)15-21(24)18-11-13-19(22)14-12-18/h7-14,22H,2-6,15H2,1H3. The third-order valence-corrected chi connectivity index (χ3v) is 4.11. The highest BCUT2D eigenvalue weighted by atomic mass is 16.3. The van der Waals surface area contributed by atoms with Gasteiger partial charge in [0, 0.05) is 11.1 Å². The molecule has 2 rings (SSSR count). The van der Waals surface area contributed by atoms with E-state index in [0.29, 0.717) is 11.1 Å². The third-order valence-electron chi connectivity index (χ3n) is 4.11. The topological polar surface area (TPSA) is 54.4 Å². The van der Waals surface area contributed by atoms with E-state index in [2.05, 4.69) is 6.92 Å². The molecule has 0 aliphatic carbocycles. The van der Waals surface area contributed by atoms with Gasteiger partial charge in [-0.1, -0.05) is 50.5 Å². The molecular formula is C21H24O3. The lowest BCUT2D eigenvalue weighted by atomic mass is 9.99. The van der Waals surface area contributed by atoms with Crippen molar-refractivity contribution in [1.82, 2.24) is 0 Å². The first-order valence-electron chi connectivity index (χ1n) is 8.54. The number of Topliss-reactive ketones (excluding diaryl/α,β-unsaturated/α-hetero) is 2. The molecule has 0 amide bonds. The number of aromatic hydroxyl groups is 1. The minimum atomic E-state index is -0.233. The number of ketones is 2. The van der Waals surface area contributed by atoms with Crippen LogP contribution in [0.3, 0.4) is 0 Å². The van der Waals surface area contributed by atoms with Crippen LogP contribution in [-0.4, -0.2) is 16.7 Å². The Morgan fingerprint density at radius 2 is 1.33 bits per heavy atom. The first-order valence-corrected chi connectivity index (χ1v) is 8.54. The van der Waals surface area contributed by atoms with E-state index in [4.69, 9.17) is 0 Å². The van der Waals surface area contributed by atoms with E-state index in [1.165, 1.54) is 55.5 Å². The van der Waals surface area contributed by atoms with Crippen LogP contribution in [-0.2, 0) is 6.42 Å². The Bertz CT molecular complexity index is 669. The van der Waals surface area contributed by atoms with Crippen molar-refractivity contribution in [3.8, 4) is 5.75 Å². The fraction of sp³-hybridized carbons (Fsp3) is 0.333. The molecule has 0 aliphatic heterocycles. The zero-order valence-corrected chi connectivity index (χ0v) is 14.1. The number of aryl methyl sites for hydroxylation is 1. The summed E-state index contributed by atoms with van der Waals surface area (Å²) in [6.45, 7) is 2.19. The first kappa shape index (κ1) is 17.9. The molecule has 2 aromatic carbocycles. The molecule has 0 unspecified atom stereocenters. The zero-order chi connectivity index (χ0) is 17.4. The van der Waals surface area contributed by atoms with E-state index < -0.39 is 0 Å². The average Bonchev–Trinajstić information content (AvgIpc) is 2.59. The molecular weight excluding hydrogens is 300 g/mol. The maximum absolute atomic E-state index is 12.2. The number of benzene rings is 2. The van der Waals surface area contributed by atoms with E-state index in [9.17, 15) is 14.7 Å². The number of carbonyl (C=O) groups excluding carboxylic acids is 2. The van der Waals surface area contributed by atoms with Crippen LogP contribution in [0.2, 0.25) is 0 Å². The number of hydrogen-bond donors (Lipinski definition) is 1. The Labute approximate surface area is 143 Å². The van der Waals surface area contributed by atoms with Gasteiger partial charge in [-0.3, -0.25) is 9.59 Å². The van der Waals surface area contributed by atoms with Gasteiger partial charge in [0.1, 0.15) is 5.75 Å². The molecule has 126 valence electrons. The molecule has 0 atom stereocenters. The first-order chi connectivity index (χ1) is 11.6. The zero-order valence-electron chi connectivity index (χ0n) is 14.1. The van der Waals surface area contributed by atoms with Gasteiger partial charge in [0.25, 0.3) is 0 Å². The molecule has 0 spiro atoms. The lowest BCUT2D eigenvalue weighted by Crippen LogP contribution is -2.08. The molecule has 0 heterocycles. The summed E-state index contributed by atoms with van der Waals surface area (Å²) >= 11 is 0. The lowest BCUT2D eigenvalue weighted by molar-refractivity contribution is 0.0894. The Morgan fingerprint density at radius 1 is 0.792 bits per heavy atom. The van der Waals surface area contributed by atoms with Crippen LogP contribution < -0.4 is 0 Å². The van der Waals surface area contributed by atoms with Gasteiger partial charge < -0.3 is 5.11 Å². The van der Waals surface area contributed by atoms with Gasteiger partial charge in [-0.15, -0.1) is 0 Å². The summed E-state index contributed by atoms with van der Waals surface area (Å²) < 4.78 is 0. The SMILES string of the molecule is CCCCCCc1ccc(C(=O)CC(=O)c2ccc(O)cc2)cc1. The number of rotatable bonds is 9. The molecule has 0 aromatic heterocycles. The molecule has 3 heteroatoms. The summed E-state index contributed by atoms with van der Waals surface area (Å²) in [5.41, 5.74) is 2.24. The van der Waals surface area contributed by atoms with Crippen LogP contribution in [0.25, 0.3) is 0 Å². The Hall–Kier alpha value is -2.42. The van der Waals surface area contributed by atoms with Crippen LogP contribution in [0.15, 0.2) is 48.5 Å². The van der Waals surface area contributed by atoms with Crippen molar-refractivity contribution in [2.24, 2.45) is 0 Å². The van der Waals surface area contributed by atoms with Gasteiger partial charge in [-0.05, 0) is 42.7 Å². The normalized spacial score (nSPS) is 10.5. The highest BCUT2D eigenvalue weighted by Gasteiger charge is 2.13. The van der Waals surface area contributed by atoms with Crippen molar-refractivity contribution >= 4 is 11.6 Å². The molecule has 0 aliphatic rings. The van der Waals surface area contributed by atoms with Crippen LogP contribution in [0, 0.1) is 0 Å². The van der Waals surface area contributed by atoms with E-state index in [1.54, 1.807) is 0 Å². The maximum atomic E-state index is 12.2. The van der Waals surface area contributed by atoms with Gasteiger partial charge in [0.2, 0.25) is 0 Å².